The second-order valence-corrected chi connectivity index (χ2v) is 10.2. The van der Waals surface area contributed by atoms with Gasteiger partial charge in [0.2, 0.25) is 0 Å². The molecule has 0 spiro atoms. The molecular formula is C27H29N3OS. The van der Waals surface area contributed by atoms with Crippen LogP contribution in [0.15, 0.2) is 42.5 Å². The van der Waals surface area contributed by atoms with Crippen LogP contribution in [0.3, 0.4) is 0 Å². The summed E-state index contributed by atoms with van der Waals surface area (Å²) in [5.74, 6) is 0.483. The minimum atomic E-state index is 0.00498. The average Bonchev–Trinajstić information content (AvgIpc) is 3.10. The fourth-order valence-electron chi connectivity index (χ4n) is 4.52. The smallest absolute Gasteiger partial charge is 0.263 e. The molecule has 0 aliphatic carbocycles. The highest BCUT2D eigenvalue weighted by atomic mass is 32.1. The quantitative estimate of drug-likeness (QED) is 0.367. The molecule has 1 amide bonds. The van der Waals surface area contributed by atoms with Gasteiger partial charge in [0, 0.05) is 33.6 Å². The lowest BCUT2D eigenvalue weighted by Gasteiger charge is -2.13. The van der Waals surface area contributed by atoms with Crippen LogP contribution in [0.25, 0.3) is 32.2 Å². The van der Waals surface area contributed by atoms with Crippen molar-refractivity contribution in [2.75, 3.05) is 11.9 Å². The van der Waals surface area contributed by atoms with Crippen LogP contribution in [-0.2, 0) is 6.42 Å². The second kappa shape index (κ2) is 8.21. The third kappa shape index (κ3) is 3.65. The normalized spacial score (nSPS) is 16.2. The number of aryl methyl sites for hydroxylation is 1. The number of aromatic nitrogens is 1. The maximum Gasteiger partial charge on any atom is 0.263 e. The van der Waals surface area contributed by atoms with E-state index in [1.807, 2.05) is 6.92 Å². The number of carbonyl (C=O) groups excluding carboxylic acids is 1. The van der Waals surface area contributed by atoms with Crippen LogP contribution in [0, 0.1) is 0 Å². The molecule has 1 atom stereocenters. The first-order chi connectivity index (χ1) is 15.4. The first-order valence-electron chi connectivity index (χ1n) is 11.5. The molecule has 1 aliphatic rings. The van der Waals surface area contributed by atoms with Crippen molar-refractivity contribution in [1.29, 1.82) is 0 Å². The predicted molar refractivity (Wildman–Crippen MR) is 136 cm³/mol. The summed E-state index contributed by atoms with van der Waals surface area (Å²) >= 11 is 1.55. The molecule has 0 fully saturated rings. The minimum Gasteiger partial charge on any atom is -0.381 e. The van der Waals surface area contributed by atoms with Crippen molar-refractivity contribution in [3.05, 3.63) is 58.5 Å². The zero-order valence-electron chi connectivity index (χ0n) is 19.1. The molecule has 0 saturated heterocycles. The van der Waals surface area contributed by atoms with Crippen LogP contribution < -0.4 is 10.6 Å². The van der Waals surface area contributed by atoms with Crippen LogP contribution in [0.2, 0.25) is 0 Å². The number of amides is 1. The number of nitrogens with zero attached hydrogens (tertiary/aromatic N) is 1. The zero-order chi connectivity index (χ0) is 22.4. The Morgan fingerprint density at radius 3 is 2.78 bits per heavy atom. The summed E-state index contributed by atoms with van der Waals surface area (Å²) in [6.45, 7) is 9.44. The summed E-state index contributed by atoms with van der Waals surface area (Å²) in [4.78, 5) is 18.5. The summed E-state index contributed by atoms with van der Waals surface area (Å²) in [5.41, 5.74) is 6.81. The third-order valence-electron chi connectivity index (χ3n) is 6.21. The lowest BCUT2D eigenvalue weighted by molar-refractivity contribution is 0.0949. The summed E-state index contributed by atoms with van der Waals surface area (Å²) in [7, 11) is 0. The number of benzene rings is 2. The van der Waals surface area contributed by atoms with E-state index < -0.39 is 0 Å². The molecule has 0 saturated carbocycles. The number of nitrogens with one attached hydrogen (secondary N) is 2. The Kier molecular flexibility index (Phi) is 5.38. The summed E-state index contributed by atoms with van der Waals surface area (Å²) in [6, 6.07) is 15.5. The Morgan fingerprint density at radius 1 is 1.16 bits per heavy atom. The molecule has 4 aromatic rings. The average molecular weight is 444 g/mol. The number of rotatable bonds is 4. The van der Waals surface area contributed by atoms with Crippen LogP contribution in [0.1, 0.15) is 60.8 Å². The molecule has 32 heavy (non-hydrogen) atoms. The van der Waals surface area contributed by atoms with Gasteiger partial charge in [0.25, 0.3) is 5.91 Å². The molecule has 0 radical (unpaired) electrons. The lowest BCUT2D eigenvalue weighted by Crippen LogP contribution is -2.34. The van der Waals surface area contributed by atoms with Gasteiger partial charge >= 0.3 is 0 Å². The molecule has 3 heterocycles. The largest absolute Gasteiger partial charge is 0.381 e. The predicted octanol–water partition coefficient (Wildman–Crippen LogP) is 6.74. The van der Waals surface area contributed by atoms with E-state index in [0.29, 0.717) is 12.5 Å². The van der Waals surface area contributed by atoms with Crippen molar-refractivity contribution >= 4 is 43.9 Å². The number of hydrogen-bond donors (Lipinski definition) is 2. The number of pyridine rings is 1. The zero-order valence-corrected chi connectivity index (χ0v) is 19.9. The van der Waals surface area contributed by atoms with Gasteiger partial charge in [0.1, 0.15) is 4.88 Å². The van der Waals surface area contributed by atoms with E-state index in [9.17, 15) is 4.79 Å². The molecular weight excluding hydrogens is 414 g/mol. The van der Waals surface area contributed by atoms with E-state index in [4.69, 9.17) is 4.98 Å². The lowest BCUT2D eigenvalue weighted by atomic mass is 9.94. The van der Waals surface area contributed by atoms with Crippen molar-refractivity contribution in [2.24, 2.45) is 0 Å². The highest BCUT2D eigenvalue weighted by Crippen LogP contribution is 2.41. The van der Waals surface area contributed by atoms with Gasteiger partial charge in [-0.15, -0.1) is 11.3 Å². The van der Waals surface area contributed by atoms with Gasteiger partial charge < -0.3 is 10.6 Å². The first kappa shape index (κ1) is 21.0. The standard InChI is InChI=1S/C27H29N3OS/c1-5-6-17-11-18(15(2)3)13-19(12-17)21-8-7-20-22(30-21)9-10-23-24(20)25-26(32-23)27(31)29-16(4)14-28-25/h7-13,15-16,28H,5-6,14H2,1-4H3,(H,29,31)/t16-/m1/s1. The van der Waals surface area contributed by atoms with Crippen LogP contribution in [-0.4, -0.2) is 23.5 Å². The van der Waals surface area contributed by atoms with Crippen molar-refractivity contribution in [2.45, 2.75) is 52.5 Å². The molecule has 0 bridgehead atoms. The monoisotopic (exact) mass is 443 g/mol. The van der Waals surface area contributed by atoms with Gasteiger partial charge in [0.05, 0.1) is 16.9 Å². The van der Waals surface area contributed by atoms with Gasteiger partial charge in [-0.05, 0) is 66.8 Å². The second-order valence-electron chi connectivity index (χ2n) is 9.13. The van der Waals surface area contributed by atoms with E-state index in [0.717, 1.165) is 50.1 Å². The maximum absolute atomic E-state index is 12.7. The fourth-order valence-corrected chi connectivity index (χ4v) is 5.62. The highest BCUT2D eigenvalue weighted by molar-refractivity contribution is 7.21. The number of hydrogen-bond acceptors (Lipinski definition) is 4. The molecule has 4 nitrogen and oxygen atoms in total. The van der Waals surface area contributed by atoms with Crippen molar-refractivity contribution in [1.82, 2.24) is 10.3 Å². The number of fused-ring (bicyclic) bond motifs is 5. The molecule has 2 aromatic heterocycles. The molecule has 1 aliphatic heterocycles. The van der Waals surface area contributed by atoms with E-state index in [-0.39, 0.29) is 11.9 Å². The van der Waals surface area contributed by atoms with E-state index >= 15 is 0 Å². The molecule has 5 rings (SSSR count). The topological polar surface area (TPSA) is 54.0 Å². The van der Waals surface area contributed by atoms with Gasteiger partial charge in [0.15, 0.2) is 0 Å². The number of carbonyl (C=O) groups is 1. The van der Waals surface area contributed by atoms with Crippen molar-refractivity contribution in [3.63, 3.8) is 0 Å². The Morgan fingerprint density at radius 2 is 2.00 bits per heavy atom. The molecule has 2 N–H and O–H groups in total. The SMILES string of the molecule is CCCc1cc(-c2ccc3c(ccc4sc5c(c43)NC[C@@H](C)NC5=O)n2)cc(C(C)C)c1. The molecule has 0 unspecified atom stereocenters. The van der Waals surface area contributed by atoms with Gasteiger partial charge in [-0.25, -0.2) is 4.98 Å². The van der Waals surface area contributed by atoms with Gasteiger partial charge in [-0.2, -0.15) is 0 Å². The van der Waals surface area contributed by atoms with Crippen LogP contribution >= 0.6 is 11.3 Å². The van der Waals surface area contributed by atoms with E-state index in [1.165, 1.54) is 16.7 Å². The summed E-state index contributed by atoms with van der Waals surface area (Å²) in [5, 5.41) is 8.76. The van der Waals surface area contributed by atoms with E-state index in [2.05, 4.69) is 73.9 Å². The van der Waals surface area contributed by atoms with Gasteiger partial charge in [-0.3, -0.25) is 4.79 Å². The maximum atomic E-state index is 12.7. The molecule has 2 aromatic carbocycles. The summed E-state index contributed by atoms with van der Waals surface area (Å²) < 4.78 is 1.11. The number of anilines is 1. The Balaban J connectivity index is 1.66. The van der Waals surface area contributed by atoms with Crippen molar-refractivity contribution < 1.29 is 4.79 Å². The van der Waals surface area contributed by atoms with Crippen molar-refractivity contribution in [3.8, 4) is 11.3 Å². The van der Waals surface area contributed by atoms with Crippen LogP contribution in [0.5, 0.6) is 0 Å². The molecule has 5 heteroatoms. The Labute approximate surface area is 193 Å². The van der Waals surface area contributed by atoms with E-state index in [1.54, 1.807) is 11.3 Å². The third-order valence-corrected chi connectivity index (χ3v) is 7.36. The highest BCUT2D eigenvalue weighted by Gasteiger charge is 2.24. The Bertz CT molecular complexity index is 1340. The molecule has 164 valence electrons. The van der Waals surface area contributed by atoms with Crippen LogP contribution in [0.4, 0.5) is 5.69 Å². The van der Waals surface area contributed by atoms with Gasteiger partial charge in [-0.1, -0.05) is 33.3 Å². The fraction of sp³-hybridized carbons (Fsp3) is 0.333. The minimum absolute atomic E-state index is 0.00498. The summed E-state index contributed by atoms with van der Waals surface area (Å²) in [6.07, 6.45) is 2.21. The first-order valence-corrected chi connectivity index (χ1v) is 12.3. The number of thiophene rings is 1. The Hall–Kier alpha value is -2.92.